The average molecular weight is 520 g/mol. The zero-order valence-electron chi connectivity index (χ0n) is 18.3. The number of rotatable bonds is 14. The van der Waals surface area contributed by atoms with Crippen LogP contribution in [0.3, 0.4) is 0 Å². The van der Waals surface area contributed by atoms with Gasteiger partial charge < -0.3 is 15.2 Å². The van der Waals surface area contributed by atoms with Gasteiger partial charge in [-0.05, 0) is 76.4 Å². The Morgan fingerprint density at radius 3 is 2.42 bits per heavy atom. The highest BCUT2D eigenvalue weighted by atomic mass is 79.9. The first-order valence-electron chi connectivity index (χ1n) is 11.0. The number of aliphatic carboxylic acids is 1. The number of halogens is 1. The van der Waals surface area contributed by atoms with Gasteiger partial charge in [0.15, 0.2) is 9.84 Å². The normalized spacial score (nSPS) is 19.6. The molecule has 1 aliphatic rings. The van der Waals surface area contributed by atoms with Crippen LogP contribution < -0.4 is 5.32 Å². The lowest BCUT2D eigenvalue weighted by Gasteiger charge is -2.29. The molecule has 176 valence electrons. The quantitative estimate of drug-likeness (QED) is 0.362. The highest BCUT2D eigenvalue weighted by molar-refractivity contribution is 9.10. The molecule has 0 radical (unpaired) electrons. The fourth-order valence-electron chi connectivity index (χ4n) is 3.78. The van der Waals surface area contributed by atoms with E-state index < -0.39 is 15.8 Å². The second-order valence-electron chi connectivity index (χ2n) is 8.31. The molecule has 9 heteroatoms. The molecular formula is C22H35BrN2O5S. The maximum absolute atomic E-state index is 12.5. The van der Waals surface area contributed by atoms with Crippen LogP contribution in [0.4, 0.5) is 0 Å². The van der Waals surface area contributed by atoms with Gasteiger partial charge in [-0.2, -0.15) is 0 Å². The smallest absolute Gasteiger partial charge is 0.317 e. The predicted octanol–water partition coefficient (Wildman–Crippen LogP) is 3.67. The van der Waals surface area contributed by atoms with Crippen LogP contribution >= 0.6 is 15.9 Å². The van der Waals surface area contributed by atoms with E-state index in [1.54, 1.807) is 24.3 Å². The Hall–Kier alpha value is -1.00. The van der Waals surface area contributed by atoms with Gasteiger partial charge in [0.25, 0.3) is 0 Å². The molecular weight excluding hydrogens is 484 g/mol. The summed E-state index contributed by atoms with van der Waals surface area (Å²) in [5.41, 5.74) is 0. The van der Waals surface area contributed by atoms with E-state index in [4.69, 9.17) is 9.84 Å². The molecule has 0 heterocycles. The van der Waals surface area contributed by atoms with Gasteiger partial charge in [-0.15, -0.1) is 0 Å². The van der Waals surface area contributed by atoms with E-state index in [0.717, 1.165) is 69.0 Å². The molecule has 1 aliphatic carbocycles. The van der Waals surface area contributed by atoms with E-state index in [1.807, 2.05) is 11.9 Å². The van der Waals surface area contributed by atoms with E-state index in [1.165, 1.54) is 0 Å². The molecule has 1 fully saturated rings. The van der Waals surface area contributed by atoms with Crippen molar-refractivity contribution in [1.29, 1.82) is 0 Å². The fourth-order valence-corrected chi connectivity index (χ4v) is 5.22. The Kier molecular flexibility index (Phi) is 11.5. The molecule has 31 heavy (non-hydrogen) atoms. The molecule has 0 spiro atoms. The van der Waals surface area contributed by atoms with E-state index >= 15 is 0 Å². The molecule has 1 saturated carbocycles. The summed E-state index contributed by atoms with van der Waals surface area (Å²) >= 11 is 3.32. The second-order valence-corrected chi connectivity index (χ2v) is 11.2. The summed E-state index contributed by atoms with van der Waals surface area (Å²) in [5.74, 6) is -0.820. The van der Waals surface area contributed by atoms with Gasteiger partial charge in [-0.1, -0.05) is 28.8 Å². The first-order chi connectivity index (χ1) is 14.8. The van der Waals surface area contributed by atoms with Crippen molar-refractivity contribution in [3.8, 4) is 0 Å². The van der Waals surface area contributed by atoms with Gasteiger partial charge in [0, 0.05) is 17.1 Å². The highest BCUT2D eigenvalue weighted by Gasteiger charge is 2.23. The summed E-state index contributed by atoms with van der Waals surface area (Å²) < 4.78 is 31.8. The largest absolute Gasteiger partial charge is 0.480 e. The Labute approximate surface area is 194 Å². The molecule has 1 aromatic rings. The van der Waals surface area contributed by atoms with Crippen LogP contribution in [0.1, 0.15) is 51.4 Å². The number of hydrogen-bond acceptors (Lipinski definition) is 6. The number of carboxylic acid groups (broad SMARTS) is 1. The monoisotopic (exact) mass is 518 g/mol. The molecule has 0 amide bonds. The summed E-state index contributed by atoms with van der Waals surface area (Å²) in [4.78, 5) is 12.8. The average Bonchev–Trinajstić information content (AvgIpc) is 2.72. The minimum atomic E-state index is -3.32. The van der Waals surface area contributed by atoms with E-state index in [0.29, 0.717) is 4.90 Å². The SMILES string of the molecule is CN(CCCCCCOC1CCC(NCS(=O)(=O)c2ccc(Br)cc2)CC1)CC(=O)O. The van der Waals surface area contributed by atoms with Gasteiger partial charge in [0.05, 0.1) is 17.5 Å². The lowest BCUT2D eigenvalue weighted by molar-refractivity contribution is -0.137. The number of sulfone groups is 1. The minimum absolute atomic E-state index is 0.0352. The van der Waals surface area contributed by atoms with Crippen molar-refractivity contribution in [2.75, 3.05) is 32.6 Å². The van der Waals surface area contributed by atoms with Gasteiger partial charge in [-0.3, -0.25) is 9.69 Å². The first-order valence-corrected chi connectivity index (χ1v) is 13.4. The van der Waals surface area contributed by atoms with Crippen molar-refractivity contribution in [1.82, 2.24) is 10.2 Å². The van der Waals surface area contributed by atoms with E-state index in [9.17, 15) is 13.2 Å². The molecule has 0 aliphatic heterocycles. The molecule has 0 aromatic heterocycles. The third-order valence-corrected chi connectivity index (χ3v) is 7.67. The predicted molar refractivity (Wildman–Crippen MR) is 125 cm³/mol. The minimum Gasteiger partial charge on any atom is -0.480 e. The van der Waals surface area contributed by atoms with Crippen LogP contribution in [0.2, 0.25) is 0 Å². The zero-order chi connectivity index (χ0) is 22.7. The molecule has 2 rings (SSSR count). The molecule has 0 bridgehead atoms. The van der Waals surface area contributed by atoms with Gasteiger partial charge in [-0.25, -0.2) is 8.42 Å². The number of hydrogen-bond donors (Lipinski definition) is 2. The Balaban J connectivity index is 1.53. The maximum atomic E-state index is 12.5. The number of benzene rings is 1. The molecule has 0 atom stereocenters. The third-order valence-electron chi connectivity index (χ3n) is 5.60. The van der Waals surface area contributed by atoms with Gasteiger partial charge >= 0.3 is 5.97 Å². The number of carboxylic acids is 1. The Morgan fingerprint density at radius 1 is 1.13 bits per heavy atom. The van der Waals surface area contributed by atoms with Crippen LogP contribution in [-0.4, -0.2) is 69.2 Å². The Morgan fingerprint density at radius 2 is 1.77 bits per heavy atom. The summed E-state index contributed by atoms with van der Waals surface area (Å²) in [7, 11) is -1.49. The van der Waals surface area contributed by atoms with Crippen LogP contribution in [0.5, 0.6) is 0 Å². The van der Waals surface area contributed by atoms with Crippen molar-refractivity contribution >= 4 is 31.7 Å². The number of nitrogens with zero attached hydrogens (tertiary/aromatic N) is 1. The molecule has 1 aromatic carbocycles. The Bertz CT molecular complexity index is 765. The van der Waals surface area contributed by atoms with Crippen molar-refractivity contribution in [2.24, 2.45) is 0 Å². The number of nitrogens with one attached hydrogen (secondary N) is 1. The molecule has 0 unspecified atom stereocenters. The number of unbranched alkanes of at least 4 members (excludes halogenated alkanes) is 3. The number of ether oxygens (including phenoxy) is 1. The summed E-state index contributed by atoms with van der Waals surface area (Å²) in [6.07, 6.45) is 8.22. The fraction of sp³-hybridized carbons (Fsp3) is 0.682. The van der Waals surface area contributed by atoms with Crippen LogP contribution in [-0.2, 0) is 19.4 Å². The second kappa shape index (κ2) is 13.5. The maximum Gasteiger partial charge on any atom is 0.317 e. The lowest BCUT2D eigenvalue weighted by atomic mass is 9.93. The van der Waals surface area contributed by atoms with Crippen LogP contribution in [0.25, 0.3) is 0 Å². The number of carbonyl (C=O) groups is 1. The topological polar surface area (TPSA) is 95.9 Å². The lowest BCUT2D eigenvalue weighted by Crippen LogP contribution is -2.38. The number of likely N-dealkylation sites (N-methyl/N-ethyl adjacent to an activating group) is 1. The standard InChI is InChI=1S/C22H35BrN2O5S/c1-25(16-22(26)27)14-4-2-3-5-15-30-20-10-8-19(9-11-20)24-17-31(28,29)21-12-6-18(23)7-13-21/h6-7,12-13,19-20,24H,2-5,8-11,14-17H2,1H3,(H,26,27). The summed E-state index contributed by atoms with van der Waals surface area (Å²) in [5, 5.41) is 11.9. The van der Waals surface area contributed by atoms with E-state index in [-0.39, 0.29) is 24.6 Å². The van der Waals surface area contributed by atoms with Crippen LogP contribution in [0, 0.1) is 0 Å². The van der Waals surface area contributed by atoms with Crippen molar-refractivity contribution < 1.29 is 23.1 Å². The first kappa shape index (κ1) is 26.3. The summed E-state index contributed by atoms with van der Waals surface area (Å²) in [6.45, 7) is 1.66. The van der Waals surface area contributed by atoms with Crippen molar-refractivity contribution in [3.05, 3.63) is 28.7 Å². The van der Waals surface area contributed by atoms with Gasteiger partial charge in [0.1, 0.15) is 5.88 Å². The molecule has 2 N–H and O–H groups in total. The zero-order valence-corrected chi connectivity index (χ0v) is 20.7. The summed E-state index contributed by atoms with van der Waals surface area (Å²) in [6, 6.07) is 6.95. The molecule has 7 nitrogen and oxygen atoms in total. The van der Waals surface area contributed by atoms with Gasteiger partial charge in [0.2, 0.25) is 0 Å². The van der Waals surface area contributed by atoms with Crippen molar-refractivity contribution in [3.63, 3.8) is 0 Å². The molecule has 0 saturated heterocycles. The highest BCUT2D eigenvalue weighted by Crippen LogP contribution is 2.22. The van der Waals surface area contributed by atoms with Crippen LogP contribution in [0.15, 0.2) is 33.6 Å². The third kappa shape index (κ3) is 10.4. The van der Waals surface area contributed by atoms with Crippen molar-refractivity contribution in [2.45, 2.75) is 68.4 Å². The van der Waals surface area contributed by atoms with E-state index in [2.05, 4.69) is 21.2 Å².